The van der Waals surface area contributed by atoms with Gasteiger partial charge in [0.15, 0.2) is 0 Å². The van der Waals surface area contributed by atoms with E-state index in [9.17, 15) is 0 Å². The molecule has 1 N–H and O–H groups in total. The molecule has 0 aromatic carbocycles. The zero-order valence-corrected chi connectivity index (χ0v) is 6.29. The largest absolute Gasteiger partial charge is 0.314 e. The highest BCUT2D eigenvalue weighted by molar-refractivity contribution is 8.01. The Morgan fingerprint density at radius 2 is 2.38 bits per heavy atom. The third-order valence-electron chi connectivity index (χ3n) is 0.744. The van der Waals surface area contributed by atoms with Crippen molar-refractivity contribution < 1.29 is 0 Å². The summed E-state index contributed by atoms with van der Waals surface area (Å²) in [4.78, 5) is 0. The van der Waals surface area contributed by atoms with Crippen molar-refractivity contribution in [3.8, 4) is 0 Å². The van der Waals surface area contributed by atoms with Gasteiger partial charge in [0.1, 0.15) is 0 Å². The molecule has 0 saturated heterocycles. The molecular formula is C6H13NS. The van der Waals surface area contributed by atoms with Gasteiger partial charge >= 0.3 is 0 Å². The second-order valence-electron chi connectivity index (χ2n) is 1.42. The molecule has 0 aromatic heterocycles. The highest BCUT2D eigenvalue weighted by Gasteiger charge is 1.71. The van der Waals surface area contributed by atoms with Gasteiger partial charge in [0.05, 0.1) is 0 Å². The predicted molar refractivity (Wildman–Crippen MR) is 41.2 cm³/mol. The molecule has 0 fully saturated rings. The third-order valence-corrected chi connectivity index (χ3v) is 1.21. The molecule has 0 aliphatic heterocycles. The molecule has 1 nitrogen and oxygen atoms in total. The van der Waals surface area contributed by atoms with Crippen molar-refractivity contribution in [1.82, 2.24) is 5.32 Å². The van der Waals surface area contributed by atoms with Crippen LogP contribution in [-0.4, -0.2) is 19.3 Å². The first-order valence-corrected chi connectivity index (χ1v) is 4.09. The molecule has 0 unspecified atom stereocenters. The number of thioether (sulfide) groups is 1. The standard InChI is InChI=1S/C6H13NS/c1-3-7-5-4-6-8-2/h4,6-7H,3,5H2,1-2H3. The van der Waals surface area contributed by atoms with E-state index in [0.29, 0.717) is 0 Å². The van der Waals surface area contributed by atoms with Crippen molar-refractivity contribution in [1.29, 1.82) is 0 Å². The Labute approximate surface area is 55.5 Å². The lowest BCUT2D eigenvalue weighted by Gasteiger charge is -1.90. The van der Waals surface area contributed by atoms with Crippen molar-refractivity contribution in [3.63, 3.8) is 0 Å². The fourth-order valence-electron chi connectivity index (χ4n) is 0.372. The minimum atomic E-state index is 0.997. The van der Waals surface area contributed by atoms with Gasteiger partial charge in [-0.2, -0.15) is 0 Å². The number of hydrogen-bond acceptors (Lipinski definition) is 2. The minimum Gasteiger partial charge on any atom is -0.314 e. The summed E-state index contributed by atoms with van der Waals surface area (Å²) in [5.74, 6) is 0. The summed E-state index contributed by atoms with van der Waals surface area (Å²) in [6.07, 6.45) is 4.18. The van der Waals surface area contributed by atoms with Crippen LogP contribution in [0.3, 0.4) is 0 Å². The van der Waals surface area contributed by atoms with Gasteiger partial charge in [-0.15, -0.1) is 11.8 Å². The topological polar surface area (TPSA) is 12.0 Å². The summed E-state index contributed by atoms with van der Waals surface area (Å²) >= 11 is 1.73. The van der Waals surface area contributed by atoms with E-state index in [-0.39, 0.29) is 0 Å². The smallest absolute Gasteiger partial charge is 0.0142 e. The Balaban J connectivity index is 2.80. The van der Waals surface area contributed by atoms with Crippen LogP contribution in [0.5, 0.6) is 0 Å². The molecule has 0 bridgehead atoms. The number of nitrogens with one attached hydrogen (secondary N) is 1. The molecule has 0 aliphatic carbocycles. The lowest BCUT2D eigenvalue weighted by atomic mass is 10.6. The van der Waals surface area contributed by atoms with Crippen LogP contribution in [-0.2, 0) is 0 Å². The van der Waals surface area contributed by atoms with Crippen molar-refractivity contribution in [2.75, 3.05) is 19.3 Å². The average molecular weight is 131 g/mol. The van der Waals surface area contributed by atoms with E-state index >= 15 is 0 Å². The summed E-state index contributed by atoms with van der Waals surface area (Å²) in [6, 6.07) is 0. The Hall–Kier alpha value is 0.0500. The molecule has 0 spiro atoms. The molecule has 48 valence electrons. The first-order chi connectivity index (χ1) is 3.91. The quantitative estimate of drug-likeness (QED) is 0.580. The lowest BCUT2D eigenvalue weighted by molar-refractivity contribution is 0.800. The van der Waals surface area contributed by atoms with Crippen molar-refractivity contribution in [2.45, 2.75) is 6.92 Å². The van der Waals surface area contributed by atoms with Crippen molar-refractivity contribution >= 4 is 11.8 Å². The van der Waals surface area contributed by atoms with Crippen LogP contribution >= 0.6 is 11.8 Å². The van der Waals surface area contributed by atoms with Gasteiger partial charge < -0.3 is 5.32 Å². The van der Waals surface area contributed by atoms with Gasteiger partial charge in [0.25, 0.3) is 0 Å². The molecule has 0 atom stereocenters. The molecular weight excluding hydrogens is 118 g/mol. The maximum atomic E-state index is 3.18. The van der Waals surface area contributed by atoms with Crippen LogP contribution in [0.25, 0.3) is 0 Å². The molecule has 0 amide bonds. The molecule has 0 saturated carbocycles. The van der Waals surface area contributed by atoms with Gasteiger partial charge in [-0.25, -0.2) is 0 Å². The van der Waals surface area contributed by atoms with Crippen LogP contribution in [0.2, 0.25) is 0 Å². The maximum absolute atomic E-state index is 3.18. The minimum absolute atomic E-state index is 0.997. The fourth-order valence-corrected chi connectivity index (χ4v) is 0.661. The van der Waals surface area contributed by atoms with E-state index < -0.39 is 0 Å². The van der Waals surface area contributed by atoms with Crippen LogP contribution in [0.1, 0.15) is 6.92 Å². The van der Waals surface area contributed by atoms with E-state index in [0.717, 1.165) is 13.1 Å². The number of likely N-dealkylation sites (N-methyl/N-ethyl adjacent to an activating group) is 1. The summed E-state index contributed by atoms with van der Waals surface area (Å²) in [6.45, 7) is 4.16. The molecule has 8 heavy (non-hydrogen) atoms. The number of rotatable bonds is 4. The van der Waals surface area contributed by atoms with Gasteiger partial charge in [-0.05, 0) is 18.2 Å². The van der Waals surface area contributed by atoms with Crippen molar-refractivity contribution in [3.05, 3.63) is 11.5 Å². The zero-order valence-electron chi connectivity index (χ0n) is 5.48. The molecule has 0 heterocycles. The molecule has 0 aromatic rings. The average Bonchev–Trinajstić information content (AvgIpc) is 1.81. The monoisotopic (exact) mass is 131 g/mol. The number of hydrogen-bond donors (Lipinski definition) is 1. The van der Waals surface area contributed by atoms with E-state index in [1.165, 1.54) is 0 Å². The van der Waals surface area contributed by atoms with E-state index in [1.54, 1.807) is 11.8 Å². The third kappa shape index (κ3) is 6.05. The first kappa shape index (κ1) is 8.05. The second-order valence-corrected chi connectivity index (χ2v) is 2.16. The van der Waals surface area contributed by atoms with Gasteiger partial charge in [-0.3, -0.25) is 0 Å². The molecule has 0 rings (SSSR count). The summed E-state index contributed by atoms with van der Waals surface area (Å²) in [7, 11) is 0. The van der Waals surface area contributed by atoms with Crippen LogP contribution in [0.4, 0.5) is 0 Å². The highest BCUT2D eigenvalue weighted by Crippen LogP contribution is 1.90. The molecule has 2 heteroatoms. The van der Waals surface area contributed by atoms with Crippen LogP contribution < -0.4 is 5.32 Å². The lowest BCUT2D eigenvalue weighted by Crippen LogP contribution is -2.11. The van der Waals surface area contributed by atoms with Crippen molar-refractivity contribution in [2.24, 2.45) is 0 Å². The second kappa shape index (κ2) is 7.05. The summed E-state index contributed by atoms with van der Waals surface area (Å²) in [5.41, 5.74) is 0. The van der Waals surface area contributed by atoms with Gasteiger partial charge in [0.2, 0.25) is 0 Å². The fraction of sp³-hybridized carbons (Fsp3) is 0.667. The Kier molecular flexibility index (Phi) is 7.09. The van der Waals surface area contributed by atoms with E-state index in [2.05, 4.69) is 30.0 Å². The Bertz CT molecular complexity index is 61.5. The van der Waals surface area contributed by atoms with Gasteiger partial charge in [-0.1, -0.05) is 13.0 Å². The molecule has 0 radical (unpaired) electrons. The first-order valence-electron chi connectivity index (χ1n) is 2.80. The van der Waals surface area contributed by atoms with Crippen LogP contribution in [0, 0.1) is 0 Å². The summed E-state index contributed by atoms with van der Waals surface area (Å²) < 4.78 is 0. The van der Waals surface area contributed by atoms with Gasteiger partial charge in [0, 0.05) is 6.54 Å². The molecule has 0 aliphatic rings. The van der Waals surface area contributed by atoms with E-state index in [4.69, 9.17) is 0 Å². The normalized spacial score (nSPS) is 10.8. The Morgan fingerprint density at radius 1 is 1.62 bits per heavy atom. The highest BCUT2D eigenvalue weighted by atomic mass is 32.2. The maximum Gasteiger partial charge on any atom is 0.0142 e. The zero-order chi connectivity index (χ0) is 6.24. The van der Waals surface area contributed by atoms with Crippen LogP contribution in [0.15, 0.2) is 11.5 Å². The SMILES string of the molecule is CCNCC=CSC. The summed E-state index contributed by atoms with van der Waals surface area (Å²) in [5, 5.41) is 5.27. The predicted octanol–water partition coefficient (Wildman–Crippen LogP) is 1.47. The Morgan fingerprint density at radius 3 is 2.88 bits per heavy atom. The van der Waals surface area contributed by atoms with E-state index in [1.807, 2.05) is 0 Å².